The van der Waals surface area contributed by atoms with Crippen LogP contribution in [0, 0.1) is 17.3 Å². The molecule has 0 aromatic heterocycles. The van der Waals surface area contributed by atoms with E-state index in [1.807, 2.05) is 0 Å². The standard InChI is InChI=1S/C28H26ClNO5/c1-15(35-26(34)27-10-16-8-17(11-27)13-28(29,12-16)14-27)25(33)30-18-6-7-21-22(9-18)24(32)20-5-3-2-4-19(20)23(21)31/h2-7,9,15-17H,8,10-14H2,1H3,(H,30,33)/t15-,16+,17+,27?,28?/m0/s1. The zero-order chi connectivity index (χ0) is 24.5. The zero-order valence-electron chi connectivity index (χ0n) is 19.4. The fourth-order valence-electron chi connectivity index (χ4n) is 7.15. The van der Waals surface area contributed by atoms with Crippen LogP contribution in [0.1, 0.15) is 77.3 Å². The number of nitrogens with one attached hydrogen (secondary N) is 1. The maximum absolute atomic E-state index is 13.3. The maximum atomic E-state index is 13.3. The van der Waals surface area contributed by atoms with E-state index in [0.29, 0.717) is 40.6 Å². The summed E-state index contributed by atoms with van der Waals surface area (Å²) in [7, 11) is 0. The van der Waals surface area contributed by atoms with Crippen LogP contribution in [0.3, 0.4) is 0 Å². The van der Waals surface area contributed by atoms with Crippen molar-refractivity contribution in [1.82, 2.24) is 0 Å². The van der Waals surface area contributed by atoms with Gasteiger partial charge in [0.25, 0.3) is 5.91 Å². The van der Waals surface area contributed by atoms with E-state index in [9.17, 15) is 19.2 Å². The van der Waals surface area contributed by atoms with Crippen molar-refractivity contribution in [1.29, 1.82) is 0 Å². The van der Waals surface area contributed by atoms with Crippen molar-refractivity contribution in [2.75, 3.05) is 5.32 Å². The lowest BCUT2D eigenvalue weighted by Gasteiger charge is -2.58. The summed E-state index contributed by atoms with van der Waals surface area (Å²) >= 11 is 6.84. The van der Waals surface area contributed by atoms with Gasteiger partial charge in [-0.2, -0.15) is 0 Å². The van der Waals surface area contributed by atoms with Gasteiger partial charge < -0.3 is 10.1 Å². The summed E-state index contributed by atoms with van der Waals surface area (Å²) in [6.07, 6.45) is 4.23. The Morgan fingerprint density at radius 3 is 2.17 bits per heavy atom. The summed E-state index contributed by atoms with van der Waals surface area (Å²) < 4.78 is 5.68. The summed E-state index contributed by atoms with van der Waals surface area (Å²) in [6, 6.07) is 11.3. The number of benzene rings is 2. The largest absolute Gasteiger partial charge is 0.452 e. The van der Waals surface area contributed by atoms with E-state index in [4.69, 9.17) is 16.3 Å². The number of rotatable bonds is 4. The van der Waals surface area contributed by atoms with Crippen LogP contribution in [-0.2, 0) is 14.3 Å². The van der Waals surface area contributed by atoms with Gasteiger partial charge >= 0.3 is 5.97 Å². The molecule has 3 atom stereocenters. The Balaban J connectivity index is 1.16. The Morgan fingerprint density at radius 2 is 1.54 bits per heavy atom. The summed E-state index contributed by atoms with van der Waals surface area (Å²) in [4.78, 5) is 51.6. The molecule has 7 heteroatoms. The van der Waals surface area contributed by atoms with Crippen molar-refractivity contribution in [3.8, 4) is 0 Å². The highest BCUT2D eigenvalue weighted by Crippen LogP contribution is 2.64. The first-order chi connectivity index (χ1) is 16.7. The first-order valence-electron chi connectivity index (χ1n) is 12.2. The Labute approximate surface area is 208 Å². The number of amides is 1. The van der Waals surface area contributed by atoms with Crippen molar-refractivity contribution in [3.63, 3.8) is 0 Å². The van der Waals surface area contributed by atoms with Gasteiger partial charge in [0, 0.05) is 32.8 Å². The Kier molecular flexibility index (Phi) is 4.98. The van der Waals surface area contributed by atoms with Crippen LogP contribution >= 0.6 is 11.6 Å². The van der Waals surface area contributed by atoms with Crippen LogP contribution in [0.15, 0.2) is 42.5 Å². The van der Waals surface area contributed by atoms with Crippen LogP contribution < -0.4 is 5.32 Å². The van der Waals surface area contributed by atoms with Gasteiger partial charge in [0.1, 0.15) is 0 Å². The van der Waals surface area contributed by atoms with Gasteiger partial charge in [0.05, 0.1) is 5.41 Å². The minimum Gasteiger partial charge on any atom is -0.452 e. The second kappa shape index (κ2) is 7.76. The summed E-state index contributed by atoms with van der Waals surface area (Å²) in [6.45, 7) is 1.55. The monoisotopic (exact) mass is 491 g/mol. The highest BCUT2D eigenvalue weighted by Gasteiger charge is 2.61. The van der Waals surface area contributed by atoms with Gasteiger partial charge in [-0.1, -0.05) is 24.3 Å². The van der Waals surface area contributed by atoms with Crippen molar-refractivity contribution in [2.45, 2.75) is 56.4 Å². The van der Waals surface area contributed by atoms with Gasteiger partial charge in [0.15, 0.2) is 17.7 Å². The number of esters is 1. The molecule has 7 rings (SSSR count). The van der Waals surface area contributed by atoms with E-state index < -0.39 is 17.4 Å². The Bertz CT molecular complexity index is 1290. The van der Waals surface area contributed by atoms with Crippen LogP contribution in [0.4, 0.5) is 5.69 Å². The number of alkyl halides is 1. The van der Waals surface area contributed by atoms with E-state index >= 15 is 0 Å². The minimum atomic E-state index is -1.00. The molecule has 1 N–H and O–H groups in total. The third-order valence-corrected chi connectivity index (χ3v) is 8.71. The third kappa shape index (κ3) is 3.61. The molecule has 2 aromatic rings. The van der Waals surface area contributed by atoms with Crippen LogP contribution in [0.2, 0.25) is 0 Å². The smallest absolute Gasteiger partial charge is 0.312 e. The average Bonchev–Trinajstić information content (AvgIpc) is 2.81. The first-order valence-corrected chi connectivity index (χ1v) is 12.6. The van der Waals surface area contributed by atoms with Gasteiger partial charge in [-0.25, -0.2) is 0 Å². The SMILES string of the molecule is C[C@H](OC(=O)C12C[C@H]3C[C@@H](CC(Cl)(C3)C1)C2)C(=O)Nc1ccc2c(c1)C(=O)c1ccccc1C2=O. The highest BCUT2D eigenvalue weighted by atomic mass is 35.5. The zero-order valence-corrected chi connectivity index (χ0v) is 20.2. The lowest BCUT2D eigenvalue weighted by Crippen LogP contribution is -2.57. The van der Waals surface area contributed by atoms with E-state index in [1.54, 1.807) is 43.3 Å². The molecule has 0 spiro atoms. The second-order valence-electron chi connectivity index (χ2n) is 10.9. The molecule has 0 radical (unpaired) electrons. The van der Waals surface area contributed by atoms with Crippen molar-refractivity contribution in [3.05, 3.63) is 64.7 Å². The molecule has 1 amide bonds. The molecular weight excluding hydrogens is 466 g/mol. The molecule has 2 aromatic carbocycles. The number of carbonyl (C=O) groups is 4. The molecule has 0 heterocycles. The van der Waals surface area contributed by atoms with E-state index in [-0.39, 0.29) is 28.0 Å². The molecule has 4 fully saturated rings. The predicted molar refractivity (Wildman–Crippen MR) is 130 cm³/mol. The van der Waals surface area contributed by atoms with Crippen molar-refractivity contribution < 1.29 is 23.9 Å². The quantitative estimate of drug-likeness (QED) is 0.413. The molecule has 0 saturated heterocycles. The lowest BCUT2D eigenvalue weighted by atomic mass is 9.49. The number of hydrogen-bond donors (Lipinski definition) is 1. The number of ether oxygens (including phenoxy) is 1. The van der Waals surface area contributed by atoms with Gasteiger partial charge in [0.2, 0.25) is 0 Å². The fourth-order valence-corrected chi connectivity index (χ4v) is 7.84. The molecule has 0 aliphatic heterocycles. The van der Waals surface area contributed by atoms with Crippen LogP contribution in [0.5, 0.6) is 0 Å². The van der Waals surface area contributed by atoms with E-state index in [1.165, 1.54) is 6.07 Å². The van der Waals surface area contributed by atoms with Crippen molar-refractivity contribution in [2.24, 2.45) is 17.3 Å². The molecule has 5 aliphatic rings. The molecule has 4 saturated carbocycles. The number of halogens is 1. The molecule has 4 bridgehead atoms. The number of hydrogen-bond acceptors (Lipinski definition) is 5. The summed E-state index contributed by atoms with van der Waals surface area (Å²) in [5.74, 6) is -0.399. The molecule has 35 heavy (non-hydrogen) atoms. The molecule has 0 unspecified atom stereocenters. The first kappa shape index (κ1) is 22.5. The molecular formula is C28H26ClNO5. The predicted octanol–water partition coefficient (Wildman–Crippen LogP) is 4.91. The third-order valence-electron chi connectivity index (χ3n) is 8.27. The molecule has 180 valence electrons. The van der Waals surface area contributed by atoms with Gasteiger partial charge in [-0.3, -0.25) is 19.2 Å². The van der Waals surface area contributed by atoms with Crippen LogP contribution in [0.25, 0.3) is 0 Å². The van der Waals surface area contributed by atoms with Gasteiger partial charge in [-0.05, 0) is 75.5 Å². The topological polar surface area (TPSA) is 89.5 Å². The van der Waals surface area contributed by atoms with E-state index in [0.717, 1.165) is 32.1 Å². The Hall–Kier alpha value is -2.99. The van der Waals surface area contributed by atoms with Gasteiger partial charge in [-0.15, -0.1) is 11.6 Å². The average molecular weight is 492 g/mol. The summed E-state index contributed by atoms with van der Waals surface area (Å²) in [5.41, 5.74) is 1.06. The lowest BCUT2D eigenvalue weighted by molar-refractivity contribution is -0.176. The normalized spacial score (nSPS) is 30.9. The fraction of sp³-hybridized carbons (Fsp3) is 0.429. The number of ketones is 2. The number of fused-ring (bicyclic) bond motifs is 2. The van der Waals surface area contributed by atoms with E-state index in [2.05, 4.69) is 5.32 Å². The highest BCUT2D eigenvalue weighted by molar-refractivity contribution is 6.28. The molecule has 6 nitrogen and oxygen atoms in total. The second-order valence-corrected chi connectivity index (χ2v) is 11.7. The van der Waals surface area contributed by atoms with Crippen molar-refractivity contribution >= 4 is 40.7 Å². The Morgan fingerprint density at radius 1 is 0.943 bits per heavy atom. The van der Waals surface area contributed by atoms with Crippen LogP contribution in [-0.4, -0.2) is 34.4 Å². The number of anilines is 1. The minimum absolute atomic E-state index is 0.219. The molecule has 5 aliphatic carbocycles. The number of carbonyl (C=O) groups excluding carboxylic acids is 4. The maximum Gasteiger partial charge on any atom is 0.312 e. The summed E-state index contributed by atoms with van der Waals surface area (Å²) in [5, 5.41) is 2.73.